The molecular formula is C15H24N2O3S. The first-order valence-corrected chi connectivity index (χ1v) is 8.67. The summed E-state index contributed by atoms with van der Waals surface area (Å²) in [5, 5.41) is 0. The number of benzene rings is 1. The van der Waals surface area contributed by atoms with E-state index in [1.54, 1.807) is 29.2 Å². The molecule has 1 heterocycles. The number of amides is 1. The summed E-state index contributed by atoms with van der Waals surface area (Å²) in [7, 11) is -3.43. The molecule has 0 atom stereocenters. The molecule has 1 aromatic rings. The van der Waals surface area contributed by atoms with Crippen LogP contribution in [0.25, 0.3) is 0 Å². The fourth-order valence-electron chi connectivity index (χ4n) is 2.10. The van der Waals surface area contributed by atoms with E-state index in [9.17, 15) is 13.2 Å². The van der Waals surface area contributed by atoms with Crippen LogP contribution < -0.4 is 0 Å². The molecule has 0 N–H and O–H groups in total. The van der Waals surface area contributed by atoms with E-state index in [1.165, 1.54) is 11.2 Å². The summed E-state index contributed by atoms with van der Waals surface area (Å²) in [6, 6.07) is 6.83. The summed E-state index contributed by atoms with van der Waals surface area (Å²) in [5.41, 5.74) is 1.03. The van der Waals surface area contributed by atoms with Gasteiger partial charge in [0.1, 0.15) is 0 Å². The summed E-state index contributed by atoms with van der Waals surface area (Å²) in [6.07, 6.45) is 0. The number of hydrogen-bond acceptors (Lipinski definition) is 3. The van der Waals surface area contributed by atoms with Crippen LogP contribution in [0, 0.1) is 6.92 Å². The highest BCUT2D eigenvalue weighted by Crippen LogP contribution is 2.18. The molecule has 0 radical (unpaired) electrons. The van der Waals surface area contributed by atoms with Crippen LogP contribution >= 0.6 is 0 Å². The summed E-state index contributed by atoms with van der Waals surface area (Å²) in [5.74, 6) is -0.00705. The predicted octanol–water partition coefficient (Wildman–Crippen LogP) is 1.87. The average Bonchev–Trinajstić information content (AvgIpc) is 2.50. The molecule has 1 aliphatic rings. The van der Waals surface area contributed by atoms with Gasteiger partial charge in [-0.25, -0.2) is 8.42 Å². The van der Waals surface area contributed by atoms with Crippen LogP contribution in [0.15, 0.2) is 29.2 Å². The number of carbonyl (C=O) groups is 1. The van der Waals surface area contributed by atoms with Gasteiger partial charge in [0.05, 0.1) is 4.90 Å². The number of nitrogens with zero attached hydrogens (tertiary/aromatic N) is 2. The molecular weight excluding hydrogens is 288 g/mol. The second kappa shape index (κ2) is 7.56. The zero-order chi connectivity index (χ0) is 16.0. The summed E-state index contributed by atoms with van der Waals surface area (Å²) in [4.78, 5) is 13.2. The van der Waals surface area contributed by atoms with E-state index < -0.39 is 10.0 Å². The Hall–Kier alpha value is -1.40. The molecule has 1 saturated heterocycles. The van der Waals surface area contributed by atoms with Crippen LogP contribution in [-0.4, -0.2) is 49.7 Å². The van der Waals surface area contributed by atoms with E-state index in [0.717, 1.165) is 5.56 Å². The number of hydrogen-bond donors (Lipinski definition) is 0. The lowest BCUT2D eigenvalue weighted by molar-refractivity contribution is -0.129. The molecule has 1 fully saturated rings. The Morgan fingerprint density at radius 1 is 1.00 bits per heavy atom. The molecule has 2 rings (SSSR count). The van der Waals surface area contributed by atoms with Crippen LogP contribution in [0.2, 0.25) is 0 Å². The molecule has 6 heteroatoms. The third-order valence-electron chi connectivity index (χ3n) is 3.34. The number of carbonyl (C=O) groups excluding carboxylic acids is 1. The van der Waals surface area contributed by atoms with Crippen molar-refractivity contribution < 1.29 is 13.2 Å². The Balaban J connectivity index is 0.00000106. The zero-order valence-electron chi connectivity index (χ0n) is 13.2. The van der Waals surface area contributed by atoms with Gasteiger partial charge in [-0.05, 0) is 19.1 Å². The van der Waals surface area contributed by atoms with Crippen molar-refractivity contribution in [2.24, 2.45) is 0 Å². The van der Waals surface area contributed by atoms with Crippen molar-refractivity contribution in [1.82, 2.24) is 9.21 Å². The van der Waals surface area contributed by atoms with Crippen LogP contribution in [0.3, 0.4) is 0 Å². The maximum Gasteiger partial charge on any atom is 0.243 e. The summed E-state index contributed by atoms with van der Waals surface area (Å²) < 4.78 is 26.2. The Kier molecular flexibility index (Phi) is 6.36. The molecule has 0 bridgehead atoms. The lowest BCUT2D eigenvalue weighted by atomic mass is 10.2. The van der Waals surface area contributed by atoms with Crippen molar-refractivity contribution >= 4 is 15.9 Å². The number of piperazine rings is 1. The lowest BCUT2D eigenvalue weighted by Gasteiger charge is -2.33. The van der Waals surface area contributed by atoms with E-state index >= 15 is 0 Å². The standard InChI is InChI=1S/C13H18N2O3S.C2H6/c1-11-3-5-13(6-4-11)19(17,18)15-9-7-14(8-10-15)12(2)16;1-2/h3-6H,7-10H2,1-2H3;1-2H3. The molecule has 0 aromatic heterocycles. The van der Waals surface area contributed by atoms with Gasteiger partial charge in [-0.1, -0.05) is 31.5 Å². The van der Waals surface area contributed by atoms with Gasteiger partial charge in [0.2, 0.25) is 15.9 Å². The van der Waals surface area contributed by atoms with Gasteiger partial charge < -0.3 is 4.90 Å². The van der Waals surface area contributed by atoms with Gasteiger partial charge in [0.25, 0.3) is 0 Å². The molecule has 0 saturated carbocycles. The fourth-order valence-corrected chi connectivity index (χ4v) is 3.52. The largest absolute Gasteiger partial charge is 0.340 e. The Labute approximate surface area is 127 Å². The molecule has 1 aliphatic heterocycles. The summed E-state index contributed by atoms with van der Waals surface area (Å²) >= 11 is 0. The van der Waals surface area contributed by atoms with Crippen LogP contribution in [0.1, 0.15) is 26.3 Å². The highest BCUT2D eigenvalue weighted by molar-refractivity contribution is 7.89. The van der Waals surface area contributed by atoms with Gasteiger partial charge in [0.15, 0.2) is 0 Å². The highest BCUT2D eigenvalue weighted by Gasteiger charge is 2.28. The minimum absolute atomic E-state index is 0.00705. The lowest BCUT2D eigenvalue weighted by Crippen LogP contribution is -2.49. The molecule has 1 aromatic carbocycles. The van der Waals surface area contributed by atoms with Crippen LogP contribution in [0.4, 0.5) is 0 Å². The topological polar surface area (TPSA) is 57.7 Å². The smallest absolute Gasteiger partial charge is 0.243 e. The third-order valence-corrected chi connectivity index (χ3v) is 5.26. The molecule has 0 unspecified atom stereocenters. The van der Waals surface area contributed by atoms with Crippen molar-refractivity contribution in [3.05, 3.63) is 29.8 Å². The first-order chi connectivity index (χ1) is 9.91. The maximum absolute atomic E-state index is 12.4. The second-order valence-electron chi connectivity index (χ2n) is 4.72. The first kappa shape index (κ1) is 17.7. The molecule has 0 aliphatic carbocycles. The van der Waals surface area contributed by atoms with Crippen LogP contribution in [-0.2, 0) is 14.8 Å². The first-order valence-electron chi connectivity index (χ1n) is 7.23. The molecule has 21 heavy (non-hydrogen) atoms. The quantitative estimate of drug-likeness (QED) is 0.838. The van der Waals surface area contributed by atoms with Crippen molar-refractivity contribution in [1.29, 1.82) is 0 Å². The van der Waals surface area contributed by atoms with Gasteiger partial charge in [-0.15, -0.1) is 0 Å². The predicted molar refractivity (Wildman–Crippen MR) is 83.5 cm³/mol. The van der Waals surface area contributed by atoms with Gasteiger partial charge in [0, 0.05) is 33.1 Å². The molecule has 118 valence electrons. The van der Waals surface area contributed by atoms with Crippen molar-refractivity contribution in [2.45, 2.75) is 32.6 Å². The van der Waals surface area contributed by atoms with E-state index in [4.69, 9.17) is 0 Å². The maximum atomic E-state index is 12.4. The Bertz CT molecular complexity index is 559. The molecule has 0 spiro atoms. The van der Waals surface area contributed by atoms with E-state index in [-0.39, 0.29) is 5.91 Å². The van der Waals surface area contributed by atoms with Crippen molar-refractivity contribution in [3.8, 4) is 0 Å². The zero-order valence-corrected chi connectivity index (χ0v) is 14.0. The fraction of sp³-hybridized carbons (Fsp3) is 0.533. The van der Waals surface area contributed by atoms with Crippen molar-refractivity contribution in [2.75, 3.05) is 26.2 Å². The van der Waals surface area contributed by atoms with E-state index in [1.807, 2.05) is 20.8 Å². The van der Waals surface area contributed by atoms with E-state index in [0.29, 0.717) is 31.1 Å². The third kappa shape index (κ3) is 4.28. The second-order valence-corrected chi connectivity index (χ2v) is 6.66. The van der Waals surface area contributed by atoms with Crippen LogP contribution in [0.5, 0.6) is 0 Å². The number of aryl methyl sites for hydroxylation is 1. The van der Waals surface area contributed by atoms with E-state index in [2.05, 4.69) is 0 Å². The van der Waals surface area contributed by atoms with Gasteiger partial charge in [-0.3, -0.25) is 4.79 Å². The number of rotatable bonds is 2. The normalized spacial score (nSPS) is 16.1. The minimum atomic E-state index is -3.43. The molecule has 1 amide bonds. The minimum Gasteiger partial charge on any atom is -0.340 e. The summed E-state index contributed by atoms with van der Waals surface area (Å²) in [6.45, 7) is 9.05. The van der Waals surface area contributed by atoms with Gasteiger partial charge in [-0.2, -0.15) is 4.31 Å². The Morgan fingerprint density at radius 2 is 1.48 bits per heavy atom. The van der Waals surface area contributed by atoms with Crippen molar-refractivity contribution in [3.63, 3.8) is 0 Å². The Morgan fingerprint density at radius 3 is 1.90 bits per heavy atom. The number of sulfonamides is 1. The average molecular weight is 312 g/mol. The molecule has 5 nitrogen and oxygen atoms in total. The van der Waals surface area contributed by atoms with Gasteiger partial charge >= 0.3 is 0 Å². The highest BCUT2D eigenvalue weighted by atomic mass is 32.2. The monoisotopic (exact) mass is 312 g/mol. The SMILES string of the molecule is CC.CC(=O)N1CCN(S(=O)(=O)c2ccc(C)cc2)CC1.